The Balaban J connectivity index is 1.49. The maximum atomic E-state index is 13.0. The quantitative estimate of drug-likeness (QED) is 0.631. The number of phenolic OH excluding ortho intramolecular Hbond substituents is 1. The number of piperidine rings is 1. The number of para-hydroxylation sites is 1. The smallest absolute Gasteiger partial charge is 0.335 e. The van der Waals surface area contributed by atoms with Crippen LogP contribution in [0, 0.1) is 0 Å². The van der Waals surface area contributed by atoms with Crippen LogP contribution in [0.25, 0.3) is 11.3 Å². The van der Waals surface area contributed by atoms with Gasteiger partial charge in [-0.3, -0.25) is 9.89 Å². The van der Waals surface area contributed by atoms with Crippen molar-refractivity contribution in [3.63, 3.8) is 0 Å². The normalized spacial score (nSPS) is 16.6. The molecule has 7 nitrogen and oxygen atoms in total. The number of nitrogens with one attached hydrogen (secondary N) is 1. The number of hydrogen-bond acceptors (Lipinski definition) is 4. The van der Waals surface area contributed by atoms with Gasteiger partial charge < -0.3 is 15.1 Å². The summed E-state index contributed by atoms with van der Waals surface area (Å²) in [6, 6.07) is 15.4. The minimum atomic E-state index is -0.948. The number of aromatic carboxylic acids is 1. The van der Waals surface area contributed by atoms with Crippen LogP contribution in [0.2, 0.25) is 0 Å². The fraction of sp³-hybridized carbons (Fsp3) is 0.227. The average Bonchev–Trinajstić information content (AvgIpc) is 3.23. The van der Waals surface area contributed by atoms with E-state index in [0.29, 0.717) is 30.0 Å². The summed E-state index contributed by atoms with van der Waals surface area (Å²) in [6.45, 7) is 1.23. The molecule has 1 aliphatic rings. The van der Waals surface area contributed by atoms with Gasteiger partial charge in [0.05, 0.1) is 11.3 Å². The van der Waals surface area contributed by atoms with Crippen molar-refractivity contribution in [3.8, 4) is 17.0 Å². The molecule has 1 saturated heterocycles. The standard InChI is InChI=1S/C22H21N3O4/c26-20-6-2-1-5-17(20)18-12-19(24-23-18)21(27)25-11-3-4-16(13-25)14-7-9-15(10-8-14)22(28)29/h1-2,5-10,12,16,26H,3-4,11,13H2,(H,23,24)(H,28,29)/t16-/m1/s1. The molecule has 3 N–H and O–H groups in total. The number of carboxylic acids is 1. The molecule has 2 heterocycles. The van der Waals surface area contributed by atoms with E-state index in [2.05, 4.69) is 10.2 Å². The van der Waals surface area contributed by atoms with E-state index in [1.54, 1.807) is 47.4 Å². The number of likely N-dealkylation sites (tertiary alicyclic amines) is 1. The average molecular weight is 391 g/mol. The molecule has 2 aromatic carbocycles. The van der Waals surface area contributed by atoms with Crippen molar-refractivity contribution in [3.05, 3.63) is 71.4 Å². The summed E-state index contributed by atoms with van der Waals surface area (Å²) in [5.74, 6) is -0.806. The Hall–Kier alpha value is -3.61. The molecular weight excluding hydrogens is 370 g/mol. The van der Waals surface area contributed by atoms with Gasteiger partial charge in [0.2, 0.25) is 0 Å². The van der Waals surface area contributed by atoms with Gasteiger partial charge in [-0.15, -0.1) is 0 Å². The predicted octanol–water partition coefficient (Wildman–Crippen LogP) is 3.50. The van der Waals surface area contributed by atoms with Gasteiger partial charge >= 0.3 is 5.97 Å². The molecule has 0 radical (unpaired) electrons. The monoisotopic (exact) mass is 391 g/mol. The fourth-order valence-electron chi connectivity index (χ4n) is 3.76. The number of nitrogens with zero attached hydrogens (tertiary/aromatic N) is 2. The zero-order valence-electron chi connectivity index (χ0n) is 15.7. The van der Waals surface area contributed by atoms with Gasteiger partial charge in [0.1, 0.15) is 11.4 Å². The zero-order valence-corrected chi connectivity index (χ0v) is 15.7. The third kappa shape index (κ3) is 3.85. The number of aromatic hydroxyl groups is 1. The highest BCUT2D eigenvalue weighted by atomic mass is 16.4. The first-order valence-corrected chi connectivity index (χ1v) is 9.49. The molecule has 1 aliphatic heterocycles. The predicted molar refractivity (Wildman–Crippen MR) is 107 cm³/mol. The molecule has 3 aromatic rings. The first-order chi connectivity index (χ1) is 14.0. The van der Waals surface area contributed by atoms with Gasteiger partial charge in [-0.25, -0.2) is 4.79 Å². The highest BCUT2D eigenvalue weighted by Crippen LogP contribution is 2.30. The number of phenols is 1. The summed E-state index contributed by atoms with van der Waals surface area (Å²) in [5, 5.41) is 26.0. The van der Waals surface area contributed by atoms with Crippen molar-refractivity contribution in [1.82, 2.24) is 15.1 Å². The van der Waals surface area contributed by atoms with Gasteiger partial charge in [0.25, 0.3) is 5.91 Å². The highest BCUT2D eigenvalue weighted by molar-refractivity contribution is 5.93. The van der Waals surface area contributed by atoms with E-state index in [4.69, 9.17) is 5.11 Å². The Morgan fingerprint density at radius 3 is 2.59 bits per heavy atom. The topological polar surface area (TPSA) is 107 Å². The van der Waals surface area contributed by atoms with Crippen LogP contribution in [0.3, 0.4) is 0 Å². The number of amides is 1. The van der Waals surface area contributed by atoms with Crippen LogP contribution in [0.15, 0.2) is 54.6 Å². The van der Waals surface area contributed by atoms with Crippen molar-refractivity contribution in [1.29, 1.82) is 0 Å². The number of H-pyrrole nitrogens is 1. The largest absolute Gasteiger partial charge is 0.507 e. The number of aromatic nitrogens is 2. The molecule has 29 heavy (non-hydrogen) atoms. The van der Waals surface area contributed by atoms with E-state index in [1.807, 2.05) is 12.1 Å². The lowest BCUT2D eigenvalue weighted by atomic mass is 9.90. The number of rotatable bonds is 4. The molecule has 4 rings (SSSR count). The SMILES string of the molecule is O=C(O)c1ccc([C@@H]2CCCN(C(=O)c3cc(-c4ccccc4O)n[nH]3)C2)cc1. The molecule has 0 saturated carbocycles. The van der Waals surface area contributed by atoms with Crippen LogP contribution in [-0.4, -0.2) is 50.3 Å². The van der Waals surface area contributed by atoms with Crippen LogP contribution in [0.5, 0.6) is 5.75 Å². The Morgan fingerprint density at radius 2 is 1.86 bits per heavy atom. The summed E-state index contributed by atoms with van der Waals surface area (Å²) in [5.41, 5.74) is 2.76. The molecule has 148 valence electrons. The van der Waals surface area contributed by atoms with Gasteiger partial charge in [0, 0.05) is 24.6 Å². The second-order valence-electron chi connectivity index (χ2n) is 7.20. The van der Waals surface area contributed by atoms with E-state index in [9.17, 15) is 14.7 Å². The Morgan fingerprint density at radius 1 is 1.10 bits per heavy atom. The maximum absolute atomic E-state index is 13.0. The Labute approximate surface area is 167 Å². The van der Waals surface area contributed by atoms with Crippen molar-refractivity contribution in [2.75, 3.05) is 13.1 Å². The van der Waals surface area contributed by atoms with Gasteiger partial charge in [-0.2, -0.15) is 5.10 Å². The molecule has 1 aromatic heterocycles. The van der Waals surface area contributed by atoms with Gasteiger partial charge in [-0.05, 0) is 48.7 Å². The minimum absolute atomic E-state index is 0.112. The maximum Gasteiger partial charge on any atom is 0.335 e. The van der Waals surface area contributed by atoms with Crippen molar-refractivity contribution in [2.45, 2.75) is 18.8 Å². The number of carbonyl (C=O) groups is 2. The molecule has 0 spiro atoms. The zero-order chi connectivity index (χ0) is 20.4. The van der Waals surface area contributed by atoms with Crippen LogP contribution < -0.4 is 0 Å². The van der Waals surface area contributed by atoms with Crippen LogP contribution in [0.4, 0.5) is 0 Å². The van der Waals surface area contributed by atoms with Crippen molar-refractivity contribution >= 4 is 11.9 Å². The number of carboxylic acid groups (broad SMARTS) is 1. The first kappa shape index (κ1) is 18.7. The molecule has 7 heteroatoms. The Kier molecular flexibility index (Phi) is 5.03. The molecular formula is C22H21N3O4. The van der Waals surface area contributed by atoms with E-state index < -0.39 is 5.97 Å². The molecule has 0 aliphatic carbocycles. The Bertz CT molecular complexity index is 1040. The van der Waals surface area contributed by atoms with Crippen LogP contribution in [-0.2, 0) is 0 Å². The van der Waals surface area contributed by atoms with E-state index in [1.165, 1.54) is 0 Å². The first-order valence-electron chi connectivity index (χ1n) is 9.49. The number of benzene rings is 2. The lowest BCUT2D eigenvalue weighted by Gasteiger charge is -2.32. The third-order valence-corrected chi connectivity index (χ3v) is 5.33. The van der Waals surface area contributed by atoms with Crippen LogP contribution >= 0.6 is 0 Å². The lowest BCUT2D eigenvalue weighted by Crippen LogP contribution is -2.39. The van der Waals surface area contributed by atoms with E-state index in [0.717, 1.165) is 18.4 Å². The minimum Gasteiger partial charge on any atom is -0.507 e. The molecule has 1 atom stereocenters. The number of aromatic amines is 1. The summed E-state index contributed by atoms with van der Waals surface area (Å²) in [6.07, 6.45) is 1.82. The summed E-state index contributed by atoms with van der Waals surface area (Å²) >= 11 is 0. The molecule has 1 fully saturated rings. The molecule has 1 amide bonds. The van der Waals surface area contributed by atoms with Crippen LogP contribution in [0.1, 0.15) is 45.2 Å². The second kappa shape index (κ2) is 7.79. The summed E-state index contributed by atoms with van der Waals surface area (Å²) in [4.78, 5) is 25.8. The number of hydrogen-bond donors (Lipinski definition) is 3. The summed E-state index contributed by atoms with van der Waals surface area (Å²) < 4.78 is 0. The van der Waals surface area contributed by atoms with E-state index >= 15 is 0 Å². The molecule has 0 bridgehead atoms. The van der Waals surface area contributed by atoms with Crippen molar-refractivity contribution in [2.24, 2.45) is 0 Å². The molecule has 0 unspecified atom stereocenters. The summed E-state index contributed by atoms with van der Waals surface area (Å²) in [7, 11) is 0. The van der Waals surface area contributed by atoms with Crippen molar-refractivity contribution < 1.29 is 19.8 Å². The number of carbonyl (C=O) groups excluding carboxylic acids is 1. The fourth-order valence-corrected chi connectivity index (χ4v) is 3.76. The second-order valence-corrected chi connectivity index (χ2v) is 7.20. The third-order valence-electron chi connectivity index (χ3n) is 5.33. The van der Waals surface area contributed by atoms with Gasteiger partial charge in [0.15, 0.2) is 0 Å². The highest BCUT2D eigenvalue weighted by Gasteiger charge is 2.27. The van der Waals surface area contributed by atoms with Gasteiger partial charge in [-0.1, -0.05) is 24.3 Å². The lowest BCUT2D eigenvalue weighted by molar-refractivity contribution is 0.0692. The van der Waals surface area contributed by atoms with E-state index in [-0.39, 0.29) is 23.1 Å².